The number of rotatable bonds is 5. The number of pyridine rings is 1. The Labute approximate surface area is 128 Å². The average molecular weight is 311 g/mol. The molecule has 106 valence electrons. The van der Waals surface area contributed by atoms with Crippen molar-refractivity contribution in [3.8, 4) is 5.75 Å². The van der Waals surface area contributed by atoms with Gasteiger partial charge in [-0.2, -0.15) is 0 Å². The van der Waals surface area contributed by atoms with E-state index >= 15 is 0 Å². The van der Waals surface area contributed by atoms with Crippen LogP contribution in [0.1, 0.15) is 17.0 Å². The lowest BCUT2D eigenvalue weighted by atomic mass is 10.2. The third kappa shape index (κ3) is 3.63. The van der Waals surface area contributed by atoms with Gasteiger partial charge in [0.05, 0.1) is 15.7 Å². The Morgan fingerprint density at radius 2 is 2.00 bits per heavy atom. The lowest BCUT2D eigenvalue weighted by Crippen LogP contribution is -2.10. The van der Waals surface area contributed by atoms with E-state index in [9.17, 15) is 0 Å². The Morgan fingerprint density at radius 3 is 2.75 bits per heavy atom. The van der Waals surface area contributed by atoms with Crippen molar-refractivity contribution in [3.05, 3.63) is 57.3 Å². The molecule has 0 fully saturated rings. The lowest BCUT2D eigenvalue weighted by molar-refractivity contribution is 0.300. The van der Waals surface area contributed by atoms with Gasteiger partial charge in [-0.1, -0.05) is 35.3 Å². The zero-order valence-electron chi connectivity index (χ0n) is 11.4. The minimum atomic E-state index is 0.362. The van der Waals surface area contributed by atoms with Crippen LogP contribution in [0.25, 0.3) is 0 Å². The van der Waals surface area contributed by atoms with Crippen LogP contribution in [0.2, 0.25) is 10.0 Å². The van der Waals surface area contributed by atoms with Gasteiger partial charge in [-0.3, -0.25) is 4.98 Å². The van der Waals surface area contributed by atoms with Gasteiger partial charge < -0.3 is 10.1 Å². The monoisotopic (exact) mass is 310 g/mol. The quantitative estimate of drug-likeness (QED) is 0.906. The number of aryl methyl sites for hydroxylation is 1. The summed E-state index contributed by atoms with van der Waals surface area (Å²) in [7, 11) is 1.88. The van der Waals surface area contributed by atoms with Gasteiger partial charge in [0, 0.05) is 17.8 Å². The first kappa shape index (κ1) is 15.1. The topological polar surface area (TPSA) is 34.2 Å². The van der Waals surface area contributed by atoms with Crippen LogP contribution in [0.5, 0.6) is 5.75 Å². The van der Waals surface area contributed by atoms with Crippen LogP contribution < -0.4 is 10.1 Å². The molecule has 2 rings (SSSR count). The minimum Gasteiger partial charge on any atom is -0.487 e. The first-order valence-corrected chi connectivity index (χ1v) is 7.04. The Balaban J connectivity index is 2.16. The van der Waals surface area contributed by atoms with Crippen molar-refractivity contribution < 1.29 is 4.74 Å². The van der Waals surface area contributed by atoms with E-state index in [1.165, 1.54) is 0 Å². The van der Waals surface area contributed by atoms with E-state index in [0.717, 1.165) is 22.7 Å². The average Bonchev–Trinajstić information content (AvgIpc) is 2.42. The smallest absolute Gasteiger partial charge is 0.142 e. The van der Waals surface area contributed by atoms with E-state index in [0.29, 0.717) is 23.2 Å². The van der Waals surface area contributed by atoms with E-state index in [4.69, 9.17) is 27.9 Å². The van der Waals surface area contributed by atoms with E-state index < -0.39 is 0 Å². The van der Waals surface area contributed by atoms with Gasteiger partial charge in [0.15, 0.2) is 0 Å². The number of hydrogen-bond acceptors (Lipinski definition) is 3. The fraction of sp³-hybridized carbons (Fsp3) is 0.267. The molecule has 0 unspecified atom stereocenters. The molecule has 0 amide bonds. The summed E-state index contributed by atoms with van der Waals surface area (Å²) in [5, 5.41) is 4.15. The van der Waals surface area contributed by atoms with Crippen molar-refractivity contribution in [2.24, 2.45) is 0 Å². The van der Waals surface area contributed by atoms with Crippen LogP contribution in [-0.2, 0) is 13.2 Å². The standard InChI is InChI=1S/C15H16Cl2N2O/c1-10-6-7-14(13(19-10)8-18-2)20-9-11-4-3-5-12(16)15(11)17/h3-7,18H,8-9H2,1-2H3. The second-order valence-electron chi connectivity index (χ2n) is 4.43. The SMILES string of the molecule is CNCc1nc(C)ccc1OCc1cccc(Cl)c1Cl. The van der Waals surface area contributed by atoms with Gasteiger partial charge >= 0.3 is 0 Å². The highest BCUT2D eigenvalue weighted by Crippen LogP contribution is 2.27. The third-order valence-corrected chi connectivity index (χ3v) is 3.69. The summed E-state index contributed by atoms with van der Waals surface area (Å²) in [6.45, 7) is 2.97. The second kappa shape index (κ2) is 6.93. The zero-order chi connectivity index (χ0) is 14.5. The molecule has 0 saturated carbocycles. The van der Waals surface area contributed by atoms with Crippen LogP contribution in [0.4, 0.5) is 0 Å². The van der Waals surface area contributed by atoms with Crippen LogP contribution in [0.15, 0.2) is 30.3 Å². The summed E-state index contributed by atoms with van der Waals surface area (Å²) in [6.07, 6.45) is 0. The molecule has 0 atom stereocenters. The van der Waals surface area contributed by atoms with Crippen LogP contribution in [-0.4, -0.2) is 12.0 Å². The summed E-state index contributed by atoms with van der Waals surface area (Å²) in [6, 6.07) is 9.36. The molecule has 0 aliphatic carbocycles. The predicted octanol–water partition coefficient (Wildman–Crippen LogP) is 4.00. The first-order valence-electron chi connectivity index (χ1n) is 6.28. The maximum absolute atomic E-state index is 6.15. The molecule has 0 aliphatic heterocycles. The number of ether oxygens (including phenoxy) is 1. The molecule has 1 aromatic carbocycles. The highest BCUT2D eigenvalue weighted by atomic mass is 35.5. The van der Waals surface area contributed by atoms with Crippen LogP contribution in [0, 0.1) is 6.92 Å². The Kier molecular flexibility index (Phi) is 5.24. The van der Waals surface area contributed by atoms with E-state index in [-0.39, 0.29) is 0 Å². The van der Waals surface area contributed by atoms with Gasteiger partial charge in [0.25, 0.3) is 0 Å². The van der Waals surface area contributed by atoms with Crippen molar-refractivity contribution in [1.29, 1.82) is 0 Å². The summed E-state index contributed by atoms with van der Waals surface area (Å²) >= 11 is 12.1. The van der Waals surface area contributed by atoms with E-state index in [1.807, 2.05) is 38.2 Å². The Hall–Kier alpha value is -1.29. The van der Waals surface area contributed by atoms with Crippen molar-refractivity contribution >= 4 is 23.2 Å². The Morgan fingerprint density at radius 1 is 1.20 bits per heavy atom. The molecule has 1 heterocycles. The maximum atomic E-state index is 6.15. The van der Waals surface area contributed by atoms with Gasteiger partial charge in [-0.15, -0.1) is 0 Å². The Bertz CT molecular complexity index is 602. The lowest BCUT2D eigenvalue weighted by Gasteiger charge is -2.12. The van der Waals surface area contributed by atoms with Gasteiger partial charge in [0.2, 0.25) is 0 Å². The molecule has 5 heteroatoms. The second-order valence-corrected chi connectivity index (χ2v) is 5.21. The summed E-state index contributed by atoms with van der Waals surface area (Å²) in [4.78, 5) is 4.47. The zero-order valence-corrected chi connectivity index (χ0v) is 12.9. The van der Waals surface area contributed by atoms with Crippen molar-refractivity contribution in [3.63, 3.8) is 0 Å². The number of benzene rings is 1. The largest absolute Gasteiger partial charge is 0.487 e. The van der Waals surface area contributed by atoms with Gasteiger partial charge in [-0.05, 0) is 32.2 Å². The van der Waals surface area contributed by atoms with Crippen molar-refractivity contribution in [2.75, 3.05) is 7.05 Å². The highest BCUT2D eigenvalue weighted by Gasteiger charge is 2.08. The molecule has 0 saturated heterocycles. The summed E-state index contributed by atoms with van der Waals surface area (Å²) in [5.74, 6) is 0.751. The molecule has 20 heavy (non-hydrogen) atoms. The molecular weight excluding hydrogens is 295 g/mol. The van der Waals surface area contributed by atoms with Crippen LogP contribution >= 0.6 is 23.2 Å². The number of hydrogen-bond donors (Lipinski definition) is 1. The normalized spacial score (nSPS) is 10.6. The molecule has 0 spiro atoms. The molecule has 1 aromatic heterocycles. The maximum Gasteiger partial charge on any atom is 0.142 e. The fourth-order valence-corrected chi connectivity index (χ4v) is 2.21. The summed E-state index contributed by atoms with van der Waals surface area (Å²) < 4.78 is 5.82. The molecule has 1 N–H and O–H groups in total. The van der Waals surface area contributed by atoms with Crippen molar-refractivity contribution in [2.45, 2.75) is 20.1 Å². The molecule has 0 radical (unpaired) electrons. The number of aromatic nitrogens is 1. The minimum absolute atomic E-state index is 0.362. The molecule has 0 aliphatic rings. The summed E-state index contributed by atoms with van der Waals surface area (Å²) in [5.41, 5.74) is 2.70. The number of nitrogens with zero attached hydrogens (tertiary/aromatic N) is 1. The molecular formula is C15H16Cl2N2O. The van der Waals surface area contributed by atoms with E-state index in [1.54, 1.807) is 6.07 Å². The highest BCUT2D eigenvalue weighted by molar-refractivity contribution is 6.42. The predicted molar refractivity (Wildman–Crippen MR) is 82.5 cm³/mol. The molecule has 3 nitrogen and oxygen atoms in total. The van der Waals surface area contributed by atoms with Crippen LogP contribution in [0.3, 0.4) is 0 Å². The van der Waals surface area contributed by atoms with E-state index in [2.05, 4.69) is 10.3 Å². The van der Waals surface area contributed by atoms with Crippen molar-refractivity contribution in [1.82, 2.24) is 10.3 Å². The van der Waals surface area contributed by atoms with Gasteiger partial charge in [0.1, 0.15) is 12.4 Å². The fourth-order valence-electron chi connectivity index (χ4n) is 1.84. The molecule has 2 aromatic rings. The van der Waals surface area contributed by atoms with Gasteiger partial charge in [-0.25, -0.2) is 0 Å². The first-order chi connectivity index (χ1) is 9.61. The molecule has 0 bridgehead atoms. The number of nitrogens with one attached hydrogen (secondary N) is 1. The third-order valence-electron chi connectivity index (χ3n) is 2.83. The number of halogens is 2.